The molecule has 2 N–H and O–H groups in total. The van der Waals surface area contributed by atoms with Crippen molar-refractivity contribution in [3.63, 3.8) is 0 Å². The summed E-state index contributed by atoms with van der Waals surface area (Å²) in [5, 5.41) is 14.2. The van der Waals surface area contributed by atoms with Gasteiger partial charge in [0, 0.05) is 24.7 Å². The van der Waals surface area contributed by atoms with Crippen LogP contribution in [0.5, 0.6) is 0 Å². The number of carbonyl (C=O) groups is 2. The summed E-state index contributed by atoms with van der Waals surface area (Å²) in [4.78, 5) is 24.1. The summed E-state index contributed by atoms with van der Waals surface area (Å²) in [6, 6.07) is 6.98. The van der Waals surface area contributed by atoms with Crippen LogP contribution in [0.15, 0.2) is 28.6 Å². The summed E-state index contributed by atoms with van der Waals surface area (Å²) in [5.41, 5.74) is 1.31. The van der Waals surface area contributed by atoms with Gasteiger partial charge in [-0.2, -0.15) is 0 Å². The van der Waals surface area contributed by atoms with Crippen LogP contribution in [-0.2, 0) is 4.79 Å². The van der Waals surface area contributed by atoms with Crippen molar-refractivity contribution in [2.45, 2.75) is 36.3 Å². The number of Topliss-reactive ketones (excluding diaryl/α,β-unsaturated/α-hetero) is 1. The zero-order valence-corrected chi connectivity index (χ0v) is 15.5. The van der Waals surface area contributed by atoms with Gasteiger partial charge in [0.2, 0.25) is 11.0 Å². The lowest BCUT2D eigenvalue weighted by Gasteiger charge is -2.09. The van der Waals surface area contributed by atoms with Crippen molar-refractivity contribution in [2.75, 3.05) is 17.7 Å². The molecule has 0 aliphatic heterocycles. The van der Waals surface area contributed by atoms with E-state index in [2.05, 4.69) is 20.8 Å². The molecule has 0 aliphatic carbocycles. The van der Waals surface area contributed by atoms with Crippen molar-refractivity contribution in [3.8, 4) is 0 Å². The van der Waals surface area contributed by atoms with Gasteiger partial charge in [-0.1, -0.05) is 30.0 Å². The molecule has 128 valence electrons. The molecule has 1 amide bonds. The maximum absolute atomic E-state index is 12.5. The highest BCUT2D eigenvalue weighted by Gasteiger charge is 2.18. The summed E-state index contributed by atoms with van der Waals surface area (Å²) in [7, 11) is 1.78. The van der Waals surface area contributed by atoms with E-state index < -0.39 is 0 Å². The molecule has 0 fully saturated rings. The van der Waals surface area contributed by atoms with Gasteiger partial charge in [-0.15, -0.1) is 10.2 Å². The molecular formula is C16H20N4O2S2. The molecule has 0 saturated heterocycles. The highest BCUT2D eigenvalue weighted by Crippen LogP contribution is 2.30. The average Bonchev–Trinajstić information content (AvgIpc) is 3.02. The van der Waals surface area contributed by atoms with Crippen LogP contribution in [0.25, 0.3) is 0 Å². The SMILES string of the molecule is CCCC(=O)Nc1ccc(C(=O)[C@@H](C)Sc2nnc(NC)s2)cc1. The lowest BCUT2D eigenvalue weighted by molar-refractivity contribution is -0.116. The minimum atomic E-state index is -0.261. The molecule has 2 aromatic rings. The van der Waals surface area contributed by atoms with Crippen LogP contribution in [-0.4, -0.2) is 34.2 Å². The topological polar surface area (TPSA) is 84.0 Å². The van der Waals surface area contributed by atoms with Crippen LogP contribution in [0.4, 0.5) is 10.8 Å². The van der Waals surface area contributed by atoms with Crippen molar-refractivity contribution in [2.24, 2.45) is 0 Å². The highest BCUT2D eigenvalue weighted by molar-refractivity contribution is 8.02. The van der Waals surface area contributed by atoms with Crippen LogP contribution in [0.2, 0.25) is 0 Å². The van der Waals surface area contributed by atoms with E-state index in [1.165, 1.54) is 23.1 Å². The maximum Gasteiger partial charge on any atom is 0.224 e. The first-order chi connectivity index (χ1) is 11.5. The molecule has 6 nitrogen and oxygen atoms in total. The molecular weight excluding hydrogens is 344 g/mol. The minimum Gasteiger partial charge on any atom is -0.363 e. The van der Waals surface area contributed by atoms with Gasteiger partial charge in [-0.05, 0) is 37.6 Å². The Bertz CT molecular complexity index is 700. The molecule has 8 heteroatoms. The Hall–Kier alpha value is -1.93. The van der Waals surface area contributed by atoms with Gasteiger partial charge < -0.3 is 10.6 Å². The average molecular weight is 364 g/mol. The predicted molar refractivity (Wildman–Crippen MR) is 99.1 cm³/mol. The second kappa shape index (κ2) is 8.79. The Morgan fingerprint density at radius 2 is 1.96 bits per heavy atom. The second-order valence-corrected chi connectivity index (χ2v) is 7.69. The first-order valence-electron chi connectivity index (χ1n) is 7.65. The van der Waals surface area contributed by atoms with E-state index in [1.54, 1.807) is 31.3 Å². The Labute approximate surface area is 149 Å². The van der Waals surface area contributed by atoms with E-state index in [9.17, 15) is 9.59 Å². The zero-order valence-electron chi connectivity index (χ0n) is 13.8. The number of rotatable bonds is 8. The Morgan fingerprint density at radius 3 is 2.54 bits per heavy atom. The van der Waals surface area contributed by atoms with E-state index in [0.717, 1.165) is 15.9 Å². The molecule has 0 spiro atoms. The number of amides is 1. The van der Waals surface area contributed by atoms with Gasteiger partial charge in [0.1, 0.15) is 0 Å². The molecule has 2 rings (SSSR count). The molecule has 0 saturated carbocycles. The molecule has 1 atom stereocenters. The summed E-state index contributed by atoms with van der Waals surface area (Å²) < 4.78 is 0.753. The maximum atomic E-state index is 12.5. The number of ketones is 1. The predicted octanol–water partition coefficient (Wildman–Crippen LogP) is 3.68. The Morgan fingerprint density at radius 1 is 1.25 bits per heavy atom. The summed E-state index contributed by atoms with van der Waals surface area (Å²) >= 11 is 2.81. The summed E-state index contributed by atoms with van der Waals surface area (Å²) in [6.07, 6.45) is 1.29. The molecule has 0 bridgehead atoms. The van der Waals surface area contributed by atoms with Gasteiger partial charge in [-0.25, -0.2) is 0 Å². The van der Waals surface area contributed by atoms with E-state index in [4.69, 9.17) is 0 Å². The van der Waals surface area contributed by atoms with Gasteiger partial charge in [0.15, 0.2) is 10.1 Å². The number of nitrogens with one attached hydrogen (secondary N) is 2. The molecule has 24 heavy (non-hydrogen) atoms. The zero-order chi connectivity index (χ0) is 17.5. The first-order valence-corrected chi connectivity index (χ1v) is 9.35. The highest BCUT2D eigenvalue weighted by atomic mass is 32.2. The molecule has 1 heterocycles. The van der Waals surface area contributed by atoms with Crippen molar-refractivity contribution < 1.29 is 9.59 Å². The number of aromatic nitrogens is 2. The van der Waals surface area contributed by atoms with Crippen LogP contribution in [0.3, 0.4) is 0 Å². The number of hydrogen-bond donors (Lipinski definition) is 2. The van der Waals surface area contributed by atoms with Gasteiger partial charge in [0.05, 0.1) is 5.25 Å². The van der Waals surface area contributed by atoms with Crippen molar-refractivity contribution >= 4 is 45.6 Å². The van der Waals surface area contributed by atoms with Crippen LogP contribution < -0.4 is 10.6 Å². The van der Waals surface area contributed by atoms with Crippen molar-refractivity contribution in [1.29, 1.82) is 0 Å². The first kappa shape index (κ1) is 18.4. The molecule has 0 radical (unpaired) electrons. The van der Waals surface area contributed by atoms with E-state index in [-0.39, 0.29) is 16.9 Å². The smallest absolute Gasteiger partial charge is 0.224 e. The number of benzene rings is 1. The third-order valence-electron chi connectivity index (χ3n) is 3.20. The number of carbonyl (C=O) groups excluding carboxylic acids is 2. The second-order valence-electron chi connectivity index (χ2n) is 5.12. The molecule has 0 aliphatic rings. The normalized spacial score (nSPS) is 11.8. The van der Waals surface area contributed by atoms with Crippen LogP contribution >= 0.6 is 23.1 Å². The van der Waals surface area contributed by atoms with E-state index >= 15 is 0 Å². The fraction of sp³-hybridized carbons (Fsp3) is 0.375. The molecule has 0 unspecified atom stereocenters. The lowest BCUT2D eigenvalue weighted by atomic mass is 10.1. The fourth-order valence-electron chi connectivity index (χ4n) is 1.97. The van der Waals surface area contributed by atoms with E-state index in [0.29, 0.717) is 17.7 Å². The standard InChI is InChI=1S/C16H20N4O2S2/c1-4-5-13(21)18-12-8-6-11(7-9-12)14(22)10(2)23-16-20-19-15(17-3)24-16/h6-10H,4-5H2,1-3H3,(H,17,19)(H,18,21)/t10-/m1/s1. The number of nitrogens with zero attached hydrogens (tertiary/aromatic N) is 2. The van der Waals surface area contributed by atoms with Crippen LogP contribution in [0, 0.1) is 0 Å². The summed E-state index contributed by atoms with van der Waals surface area (Å²) in [5.74, 6) is 0.00440. The minimum absolute atomic E-state index is 0.0166. The Balaban J connectivity index is 1.97. The largest absolute Gasteiger partial charge is 0.363 e. The quantitative estimate of drug-likeness (QED) is 0.549. The van der Waals surface area contributed by atoms with Crippen LogP contribution in [0.1, 0.15) is 37.0 Å². The third-order valence-corrected chi connectivity index (χ3v) is 5.32. The van der Waals surface area contributed by atoms with Gasteiger partial charge >= 0.3 is 0 Å². The number of thioether (sulfide) groups is 1. The monoisotopic (exact) mass is 364 g/mol. The molecule has 1 aromatic carbocycles. The fourth-order valence-corrected chi connectivity index (χ4v) is 3.89. The molecule has 1 aromatic heterocycles. The van der Waals surface area contributed by atoms with Crippen molar-refractivity contribution in [3.05, 3.63) is 29.8 Å². The number of anilines is 2. The van der Waals surface area contributed by atoms with E-state index in [1.807, 2.05) is 13.8 Å². The Kier molecular flexibility index (Phi) is 6.74. The number of hydrogen-bond acceptors (Lipinski definition) is 7. The van der Waals surface area contributed by atoms with Gasteiger partial charge in [-0.3, -0.25) is 9.59 Å². The van der Waals surface area contributed by atoms with Crippen molar-refractivity contribution in [1.82, 2.24) is 10.2 Å². The summed E-state index contributed by atoms with van der Waals surface area (Å²) in [6.45, 7) is 3.81. The van der Waals surface area contributed by atoms with Gasteiger partial charge in [0.25, 0.3) is 0 Å². The third kappa shape index (κ3) is 5.04. The lowest BCUT2D eigenvalue weighted by Crippen LogP contribution is -2.14.